The molecular formula is C27H29Cl2FN6O2. The van der Waals surface area contributed by atoms with Crippen molar-refractivity contribution in [3.63, 3.8) is 0 Å². The van der Waals surface area contributed by atoms with Gasteiger partial charge in [0.2, 0.25) is 5.95 Å². The maximum Gasteiger partial charge on any atom is 0.257 e. The number of hydrogen-bond acceptors (Lipinski definition) is 7. The number of carbonyl (C=O) groups excluding carboxylic acids is 1. The Morgan fingerprint density at radius 2 is 1.82 bits per heavy atom. The fourth-order valence-corrected chi connectivity index (χ4v) is 5.06. The van der Waals surface area contributed by atoms with Gasteiger partial charge in [-0.2, -0.15) is 0 Å². The summed E-state index contributed by atoms with van der Waals surface area (Å²) in [5, 5.41) is 3.40. The van der Waals surface area contributed by atoms with Gasteiger partial charge in [0, 0.05) is 62.3 Å². The lowest BCUT2D eigenvalue weighted by Crippen LogP contribution is -2.50. The van der Waals surface area contributed by atoms with Gasteiger partial charge in [-0.15, -0.1) is 0 Å². The minimum Gasteiger partial charge on any atom is -0.378 e. The van der Waals surface area contributed by atoms with Crippen molar-refractivity contribution >= 4 is 46.4 Å². The monoisotopic (exact) mass is 558 g/mol. The number of nitrogens with zero attached hydrogens (tertiary/aromatic N) is 5. The lowest BCUT2D eigenvalue weighted by molar-refractivity contribution is 0.102. The van der Waals surface area contributed by atoms with Crippen LogP contribution in [0.15, 0.2) is 42.7 Å². The zero-order chi connectivity index (χ0) is 26.8. The summed E-state index contributed by atoms with van der Waals surface area (Å²) in [6, 6.07) is 8.25. The highest BCUT2D eigenvalue weighted by atomic mass is 35.5. The Bertz CT molecular complexity index is 1320. The number of benzene rings is 2. The number of ether oxygens (including phenoxy) is 1. The van der Waals surface area contributed by atoms with Crippen LogP contribution in [0, 0.1) is 5.82 Å². The van der Waals surface area contributed by atoms with Crippen LogP contribution < -0.4 is 15.1 Å². The van der Waals surface area contributed by atoms with Gasteiger partial charge in [-0.1, -0.05) is 29.3 Å². The third-order valence-electron chi connectivity index (χ3n) is 7.07. The Hall–Kier alpha value is -2.98. The molecule has 0 spiro atoms. The van der Waals surface area contributed by atoms with Crippen molar-refractivity contribution in [1.82, 2.24) is 14.9 Å². The molecule has 2 saturated heterocycles. The van der Waals surface area contributed by atoms with E-state index in [0.717, 1.165) is 6.54 Å². The topological polar surface area (TPSA) is 73.8 Å². The van der Waals surface area contributed by atoms with Gasteiger partial charge in [0.25, 0.3) is 5.91 Å². The highest BCUT2D eigenvalue weighted by Gasteiger charge is 2.26. The number of hydrogen-bond donors (Lipinski definition) is 1. The first-order chi connectivity index (χ1) is 18.3. The molecule has 2 fully saturated rings. The molecule has 1 aromatic heterocycles. The average molecular weight is 559 g/mol. The Balaban J connectivity index is 1.50. The predicted octanol–water partition coefficient (Wildman–Crippen LogP) is 4.82. The molecule has 0 bridgehead atoms. The summed E-state index contributed by atoms with van der Waals surface area (Å²) in [5.41, 5.74) is 2.10. The van der Waals surface area contributed by atoms with E-state index in [-0.39, 0.29) is 27.2 Å². The lowest BCUT2D eigenvalue weighted by atomic mass is 10.0. The van der Waals surface area contributed by atoms with Crippen molar-refractivity contribution in [2.45, 2.75) is 13.0 Å². The molecule has 2 aliphatic rings. The molecule has 0 saturated carbocycles. The van der Waals surface area contributed by atoms with Crippen LogP contribution in [0.1, 0.15) is 17.3 Å². The quantitative estimate of drug-likeness (QED) is 0.481. The number of morpholine rings is 1. The second-order valence-electron chi connectivity index (χ2n) is 9.55. The van der Waals surface area contributed by atoms with Gasteiger partial charge in [0.15, 0.2) is 0 Å². The van der Waals surface area contributed by atoms with Crippen molar-refractivity contribution in [3.05, 3.63) is 64.2 Å². The van der Waals surface area contributed by atoms with Crippen LogP contribution in [0.3, 0.4) is 0 Å². The minimum atomic E-state index is -0.433. The van der Waals surface area contributed by atoms with Gasteiger partial charge in [-0.3, -0.25) is 4.79 Å². The first kappa shape index (κ1) is 26.6. The SMILES string of the molecule is CC1CN(c2cc(F)c(-c3cnc(N4CCOCC4)nc3)cc2NC(=O)c2cccc(Cl)c2Cl)CCN1C. The molecule has 1 amide bonds. The van der Waals surface area contributed by atoms with E-state index in [4.69, 9.17) is 27.9 Å². The standard InChI is InChI=1S/C27H29Cl2FN6O2/c1-17-16-36(7-6-34(17)2)24-13-22(30)20(18-14-31-27(32-15-18)35-8-10-38-11-9-35)12-23(24)33-26(37)19-4-3-5-21(28)25(19)29/h3-5,12-15,17H,6-11,16H2,1-2H3,(H,33,37). The lowest BCUT2D eigenvalue weighted by Gasteiger charge is -2.39. The Morgan fingerprint density at radius 1 is 1.08 bits per heavy atom. The first-order valence-electron chi connectivity index (χ1n) is 12.5. The third kappa shape index (κ3) is 5.56. The van der Waals surface area contributed by atoms with Crippen molar-refractivity contribution in [1.29, 1.82) is 0 Å². The van der Waals surface area contributed by atoms with Crippen molar-refractivity contribution in [3.8, 4) is 11.1 Å². The molecule has 8 nitrogen and oxygen atoms in total. The molecule has 2 aromatic carbocycles. The number of carbonyl (C=O) groups is 1. The number of likely N-dealkylation sites (N-methyl/N-ethyl adjacent to an activating group) is 1. The largest absolute Gasteiger partial charge is 0.378 e. The third-order valence-corrected chi connectivity index (χ3v) is 7.89. The summed E-state index contributed by atoms with van der Waals surface area (Å²) in [6.07, 6.45) is 3.21. The van der Waals surface area contributed by atoms with E-state index in [1.54, 1.807) is 36.7 Å². The summed E-state index contributed by atoms with van der Waals surface area (Å²) in [4.78, 5) is 28.6. The van der Waals surface area contributed by atoms with E-state index in [1.165, 1.54) is 6.07 Å². The van der Waals surface area contributed by atoms with E-state index in [0.29, 0.717) is 62.3 Å². The van der Waals surface area contributed by atoms with Gasteiger partial charge in [-0.05, 0) is 38.2 Å². The number of aromatic nitrogens is 2. The predicted molar refractivity (Wildman–Crippen MR) is 149 cm³/mol. The van der Waals surface area contributed by atoms with Gasteiger partial charge < -0.3 is 24.8 Å². The highest BCUT2D eigenvalue weighted by Crippen LogP contribution is 2.36. The normalized spacial score (nSPS) is 18.5. The van der Waals surface area contributed by atoms with Crippen LogP contribution in [0.25, 0.3) is 11.1 Å². The van der Waals surface area contributed by atoms with E-state index in [9.17, 15) is 4.79 Å². The molecular weight excluding hydrogens is 530 g/mol. The maximum atomic E-state index is 15.6. The van der Waals surface area contributed by atoms with Gasteiger partial charge in [0.1, 0.15) is 5.82 Å². The summed E-state index contributed by atoms with van der Waals surface area (Å²) >= 11 is 12.5. The van der Waals surface area contributed by atoms with Crippen molar-refractivity contribution in [2.24, 2.45) is 0 Å². The zero-order valence-corrected chi connectivity index (χ0v) is 22.8. The number of amides is 1. The maximum absolute atomic E-state index is 15.6. The van der Waals surface area contributed by atoms with Crippen molar-refractivity contribution < 1.29 is 13.9 Å². The van der Waals surface area contributed by atoms with E-state index < -0.39 is 11.7 Å². The van der Waals surface area contributed by atoms with Crippen molar-refractivity contribution in [2.75, 3.05) is 68.1 Å². The molecule has 3 heterocycles. The Kier molecular flexibility index (Phi) is 7.99. The number of rotatable bonds is 5. The summed E-state index contributed by atoms with van der Waals surface area (Å²) in [5.74, 6) is -0.282. The fourth-order valence-electron chi connectivity index (χ4n) is 4.67. The minimum absolute atomic E-state index is 0.163. The van der Waals surface area contributed by atoms with Crippen LogP contribution in [0.5, 0.6) is 0 Å². The molecule has 2 aliphatic heterocycles. The average Bonchev–Trinajstić information content (AvgIpc) is 2.93. The van der Waals surface area contributed by atoms with Crippen LogP contribution >= 0.6 is 23.2 Å². The highest BCUT2D eigenvalue weighted by molar-refractivity contribution is 6.44. The zero-order valence-electron chi connectivity index (χ0n) is 21.3. The van der Waals surface area contributed by atoms with E-state index in [2.05, 4.69) is 39.1 Å². The molecule has 11 heteroatoms. The molecule has 38 heavy (non-hydrogen) atoms. The van der Waals surface area contributed by atoms with Gasteiger partial charge in [-0.25, -0.2) is 14.4 Å². The summed E-state index contributed by atoms with van der Waals surface area (Å²) in [7, 11) is 2.07. The molecule has 0 aliphatic carbocycles. The molecule has 1 N–H and O–H groups in total. The second-order valence-corrected chi connectivity index (χ2v) is 10.3. The molecule has 1 atom stereocenters. The second kappa shape index (κ2) is 11.4. The smallest absolute Gasteiger partial charge is 0.257 e. The number of halogens is 3. The fraction of sp³-hybridized carbons (Fsp3) is 0.370. The molecule has 3 aromatic rings. The van der Waals surface area contributed by atoms with Crippen LogP contribution in [-0.4, -0.2) is 79.8 Å². The summed E-state index contributed by atoms with van der Waals surface area (Å²) < 4.78 is 21.0. The van der Waals surface area contributed by atoms with Gasteiger partial charge >= 0.3 is 0 Å². The van der Waals surface area contributed by atoms with Crippen LogP contribution in [-0.2, 0) is 4.74 Å². The number of anilines is 3. The first-order valence-corrected chi connectivity index (χ1v) is 13.3. The Labute approximate surface area is 231 Å². The molecule has 200 valence electrons. The molecule has 0 radical (unpaired) electrons. The summed E-state index contributed by atoms with van der Waals surface area (Å²) in [6.45, 7) is 6.95. The molecule has 5 rings (SSSR count). The van der Waals surface area contributed by atoms with Crippen LogP contribution in [0.2, 0.25) is 10.0 Å². The Morgan fingerprint density at radius 3 is 2.53 bits per heavy atom. The number of nitrogens with one attached hydrogen (secondary N) is 1. The molecule has 1 unspecified atom stereocenters. The van der Waals surface area contributed by atoms with E-state index >= 15 is 4.39 Å². The number of piperazine rings is 1. The van der Waals surface area contributed by atoms with Crippen LogP contribution in [0.4, 0.5) is 21.7 Å². The van der Waals surface area contributed by atoms with E-state index in [1.807, 2.05) is 4.90 Å². The van der Waals surface area contributed by atoms with Gasteiger partial charge in [0.05, 0.1) is 40.2 Å².